The van der Waals surface area contributed by atoms with Gasteiger partial charge in [-0.2, -0.15) is 0 Å². The van der Waals surface area contributed by atoms with Gasteiger partial charge in [-0.3, -0.25) is 4.79 Å². The van der Waals surface area contributed by atoms with E-state index in [4.69, 9.17) is 9.84 Å². The highest BCUT2D eigenvalue weighted by Crippen LogP contribution is 2.20. The number of hydrogen-bond donors (Lipinski definition) is 1. The molecular weight excluding hydrogens is 274 g/mol. The molecule has 0 spiro atoms. The Morgan fingerprint density at radius 3 is 2.71 bits per heavy atom. The van der Waals surface area contributed by atoms with Crippen LogP contribution in [0.25, 0.3) is 0 Å². The van der Waals surface area contributed by atoms with Crippen molar-refractivity contribution in [2.75, 3.05) is 13.7 Å². The number of esters is 1. The van der Waals surface area contributed by atoms with Crippen molar-refractivity contribution in [1.29, 1.82) is 0 Å². The third-order valence-corrected chi connectivity index (χ3v) is 3.64. The summed E-state index contributed by atoms with van der Waals surface area (Å²) in [6, 6.07) is 5.83. The van der Waals surface area contributed by atoms with Gasteiger partial charge in [0.15, 0.2) is 0 Å². The van der Waals surface area contributed by atoms with Crippen molar-refractivity contribution in [2.45, 2.75) is 25.3 Å². The summed E-state index contributed by atoms with van der Waals surface area (Å²) in [7, 11) is 1.29. The number of nitrogens with zero attached hydrogens (tertiary/aromatic N) is 1. The molecule has 1 aliphatic heterocycles. The Morgan fingerprint density at radius 1 is 1.33 bits per heavy atom. The van der Waals surface area contributed by atoms with Crippen molar-refractivity contribution in [3.8, 4) is 0 Å². The molecule has 0 saturated carbocycles. The Kier molecular flexibility index (Phi) is 4.57. The highest BCUT2D eigenvalue weighted by atomic mass is 16.5. The largest absolute Gasteiger partial charge is 0.478 e. The molecule has 1 saturated heterocycles. The summed E-state index contributed by atoms with van der Waals surface area (Å²) >= 11 is 0. The minimum Gasteiger partial charge on any atom is -0.478 e. The first-order valence-corrected chi connectivity index (χ1v) is 6.73. The Labute approximate surface area is 122 Å². The van der Waals surface area contributed by atoms with Gasteiger partial charge in [-0.15, -0.1) is 0 Å². The van der Waals surface area contributed by atoms with Crippen LogP contribution in [0.5, 0.6) is 0 Å². The SMILES string of the molecule is COC(=O)C1CCCN1C(=O)Cc1ccccc1C(=O)O. The Morgan fingerprint density at radius 2 is 2.05 bits per heavy atom. The number of ether oxygens (including phenoxy) is 1. The van der Waals surface area contributed by atoms with E-state index < -0.39 is 18.0 Å². The topological polar surface area (TPSA) is 83.9 Å². The molecule has 1 aliphatic rings. The van der Waals surface area contributed by atoms with E-state index >= 15 is 0 Å². The van der Waals surface area contributed by atoms with Gasteiger partial charge in [-0.05, 0) is 24.5 Å². The Hall–Kier alpha value is -2.37. The van der Waals surface area contributed by atoms with Crippen LogP contribution in [0.1, 0.15) is 28.8 Å². The van der Waals surface area contributed by atoms with Gasteiger partial charge in [0, 0.05) is 6.54 Å². The molecule has 0 aromatic heterocycles. The summed E-state index contributed by atoms with van der Waals surface area (Å²) in [5.74, 6) is -1.74. The Bertz CT molecular complexity index is 569. The van der Waals surface area contributed by atoms with Crippen molar-refractivity contribution in [1.82, 2.24) is 4.90 Å². The van der Waals surface area contributed by atoms with Gasteiger partial charge < -0.3 is 14.7 Å². The van der Waals surface area contributed by atoms with E-state index in [1.54, 1.807) is 18.2 Å². The molecule has 2 rings (SSSR count). The first-order chi connectivity index (χ1) is 10.0. The van der Waals surface area contributed by atoms with Gasteiger partial charge in [-0.25, -0.2) is 9.59 Å². The summed E-state index contributed by atoms with van der Waals surface area (Å²) < 4.78 is 4.70. The van der Waals surface area contributed by atoms with Gasteiger partial charge in [0.05, 0.1) is 19.1 Å². The minimum atomic E-state index is -1.07. The molecule has 1 N–H and O–H groups in total. The smallest absolute Gasteiger partial charge is 0.335 e. The Balaban J connectivity index is 2.15. The normalized spacial score (nSPS) is 17.6. The van der Waals surface area contributed by atoms with Crippen molar-refractivity contribution in [3.05, 3.63) is 35.4 Å². The number of carbonyl (C=O) groups excluding carboxylic acids is 2. The standard InChI is InChI=1S/C15H17NO5/c1-21-15(20)12-7-4-8-16(12)13(17)9-10-5-2-3-6-11(10)14(18)19/h2-3,5-6,12H,4,7-9H2,1H3,(H,18,19). The zero-order chi connectivity index (χ0) is 15.4. The molecule has 1 unspecified atom stereocenters. The van der Waals surface area contributed by atoms with E-state index in [0.29, 0.717) is 18.5 Å². The highest BCUT2D eigenvalue weighted by molar-refractivity contribution is 5.92. The van der Waals surface area contributed by atoms with Crippen LogP contribution < -0.4 is 0 Å². The quantitative estimate of drug-likeness (QED) is 0.840. The number of hydrogen-bond acceptors (Lipinski definition) is 4. The summed E-state index contributed by atoms with van der Waals surface area (Å²) in [5, 5.41) is 9.12. The van der Waals surface area contributed by atoms with E-state index in [1.807, 2.05) is 0 Å². The number of likely N-dealkylation sites (tertiary alicyclic amines) is 1. The van der Waals surface area contributed by atoms with Gasteiger partial charge in [0.2, 0.25) is 5.91 Å². The fourth-order valence-electron chi connectivity index (χ4n) is 2.59. The van der Waals surface area contributed by atoms with Crippen LogP contribution >= 0.6 is 0 Å². The van der Waals surface area contributed by atoms with Crippen LogP contribution in [-0.2, 0) is 20.7 Å². The summed E-state index contributed by atoms with van der Waals surface area (Å²) in [5.41, 5.74) is 0.560. The predicted molar refractivity (Wildman–Crippen MR) is 73.9 cm³/mol. The van der Waals surface area contributed by atoms with Gasteiger partial charge >= 0.3 is 11.9 Å². The monoisotopic (exact) mass is 291 g/mol. The molecule has 1 amide bonds. The van der Waals surface area contributed by atoms with E-state index in [2.05, 4.69) is 0 Å². The first-order valence-electron chi connectivity index (χ1n) is 6.73. The summed E-state index contributed by atoms with van der Waals surface area (Å²) in [6.45, 7) is 0.494. The summed E-state index contributed by atoms with van der Waals surface area (Å²) in [4.78, 5) is 36.6. The van der Waals surface area contributed by atoms with Gasteiger partial charge in [0.25, 0.3) is 0 Å². The van der Waals surface area contributed by atoms with Crippen molar-refractivity contribution in [3.63, 3.8) is 0 Å². The van der Waals surface area contributed by atoms with Crippen LogP contribution in [0.15, 0.2) is 24.3 Å². The van der Waals surface area contributed by atoms with Crippen LogP contribution in [0, 0.1) is 0 Å². The lowest BCUT2D eigenvalue weighted by atomic mass is 10.0. The molecule has 6 heteroatoms. The molecule has 1 aromatic carbocycles. The second-order valence-corrected chi connectivity index (χ2v) is 4.91. The number of carboxylic acid groups (broad SMARTS) is 1. The maximum Gasteiger partial charge on any atom is 0.335 e. The third-order valence-electron chi connectivity index (χ3n) is 3.64. The molecule has 112 valence electrons. The number of carbonyl (C=O) groups is 3. The molecule has 1 fully saturated rings. The van der Waals surface area contributed by atoms with Crippen molar-refractivity contribution >= 4 is 17.8 Å². The van der Waals surface area contributed by atoms with Crippen LogP contribution in [0.3, 0.4) is 0 Å². The fourth-order valence-corrected chi connectivity index (χ4v) is 2.59. The van der Waals surface area contributed by atoms with Crippen LogP contribution in [0.2, 0.25) is 0 Å². The molecule has 6 nitrogen and oxygen atoms in total. The zero-order valence-corrected chi connectivity index (χ0v) is 11.7. The lowest BCUT2D eigenvalue weighted by Gasteiger charge is -2.23. The van der Waals surface area contributed by atoms with E-state index in [-0.39, 0.29) is 17.9 Å². The number of methoxy groups -OCH3 is 1. The molecule has 21 heavy (non-hydrogen) atoms. The third kappa shape index (κ3) is 3.21. The van der Waals surface area contributed by atoms with Crippen molar-refractivity contribution in [2.24, 2.45) is 0 Å². The van der Waals surface area contributed by atoms with E-state index in [9.17, 15) is 14.4 Å². The maximum absolute atomic E-state index is 12.3. The summed E-state index contributed by atoms with van der Waals surface area (Å²) in [6.07, 6.45) is 1.29. The van der Waals surface area contributed by atoms with E-state index in [1.165, 1.54) is 18.1 Å². The average molecular weight is 291 g/mol. The number of aromatic carboxylic acids is 1. The number of benzene rings is 1. The lowest BCUT2D eigenvalue weighted by molar-refractivity contribution is -0.150. The van der Waals surface area contributed by atoms with Gasteiger partial charge in [-0.1, -0.05) is 18.2 Å². The number of carboxylic acids is 1. The minimum absolute atomic E-state index is 0.0318. The molecule has 1 atom stereocenters. The van der Waals surface area contributed by atoms with Gasteiger partial charge in [0.1, 0.15) is 6.04 Å². The molecule has 0 bridgehead atoms. The molecule has 0 radical (unpaired) electrons. The van der Waals surface area contributed by atoms with Crippen LogP contribution in [0.4, 0.5) is 0 Å². The number of rotatable bonds is 4. The molecule has 1 aromatic rings. The predicted octanol–water partition coefficient (Wildman–Crippen LogP) is 1.09. The molecular formula is C15H17NO5. The average Bonchev–Trinajstić information content (AvgIpc) is 2.96. The molecule has 0 aliphatic carbocycles. The highest BCUT2D eigenvalue weighted by Gasteiger charge is 2.34. The second kappa shape index (κ2) is 6.39. The number of amides is 1. The maximum atomic E-state index is 12.3. The molecule has 1 heterocycles. The second-order valence-electron chi connectivity index (χ2n) is 4.91. The van der Waals surface area contributed by atoms with E-state index in [0.717, 1.165) is 6.42 Å². The fraction of sp³-hybridized carbons (Fsp3) is 0.400. The lowest BCUT2D eigenvalue weighted by Crippen LogP contribution is -2.42. The zero-order valence-electron chi connectivity index (χ0n) is 11.7. The first kappa shape index (κ1) is 15.0. The van der Waals surface area contributed by atoms with Crippen molar-refractivity contribution < 1.29 is 24.2 Å². The van der Waals surface area contributed by atoms with Crippen LogP contribution in [-0.4, -0.2) is 47.5 Å².